The van der Waals surface area contributed by atoms with E-state index in [1.54, 1.807) is 17.6 Å². The highest BCUT2D eigenvalue weighted by Gasteiger charge is 2.13. The van der Waals surface area contributed by atoms with Gasteiger partial charge in [-0.15, -0.1) is 0 Å². The molecule has 0 radical (unpaired) electrons. The van der Waals surface area contributed by atoms with Gasteiger partial charge in [-0.05, 0) is 24.3 Å². The third-order valence-electron chi connectivity index (χ3n) is 2.71. The average molecular weight is 242 g/mol. The largest absolute Gasteiger partial charge is 0.465 e. The third-order valence-corrected chi connectivity index (χ3v) is 3.89. The van der Waals surface area contributed by atoms with Crippen molar-refractivity contribution in [2.75, 3.05) is 0 Å². The van der Waals surface area contributed by atoms with Crippen molar-refractivity contribution in [3.63, 3.8) is 0 Å². The van der Waals surface area contributed by atoms with E-state index in [1.165, 1.54) is 15.2 Å². The number of hydrogen-bond donors (Lipinski definition) is 0. The molecule has 0 spiro atoms. The van der Waals surface area contributed by atoms with E-state index in [4.69, 9.17) is 4.42 Å². The first-order valence-electron chi connectivity index (χ1n) is 5.44. The molecule has 84 valence electrons. The molecule has 0 saturated carbocycles. The average Bonchev–Trinajstić information content (AvgIpc) is 2.96. The first kappa shape index (κ1) is 10.3. The van der Waals surface area contributed by atoms with Crippen molar-refractivity contribution in [1.29, 1.82) is 0 Å². The lowest BCUT2D eigenvalue weighted by molar-refractivity contribution is -0.642. The lowest BCUT2D eigenvalue weighted by Crippen LogP contribution is -2.28. The molecule has 0 aliphatic heterocycles. The van der Waals surface area contributed by atoms with Gasteiger partial charge in [0.05, 0.1) is 6.26 Å². The van der Waals surface area contributed by atoms with Gasteiger partial charge in [0, 0.05) is 12.1 Å². The van der Waals surface area contributed by atoms with Crippen molar-refractivity contribution in [2.45, 2.75) is 0 Å². The Morgan fingerprint density at radius 2 is 2.00 bits per heavy atom. The van der Waals surface area contributed by atoms with Crippen LogP contribution in [0.25, 0.3) is 22.4 Å². The minimum Gasteiger partial charge on any atom is -0.465 e. The number of rotatable bonds is 2. The fourth-order valence-electron chi connectivity index (χ4n) is 1.81. The molecule has 0 atom stereocenters. The zero-order chi connectivity index (χ0) is 11.7. The maximum absolute atomic E-state index is 5.28. The molecular weight excluding hydrogens is 230 g/mol. The number of aryl methyl sites for hydroxylation is 1. The van der Waals surface area contributed by atoms with E-state index in [0.29, 0.717) is 0 Å². The Hall–Kier alpha value is -1.87. The Morgan fingerprint density at radius 1 is 1.12 bits per heavy atom. The predicted molar refractivity (Wildman–Crippen MR) is 70.6 cm³/mol. The minimum atomic E-state index is 0.877. The van der Waals surface area contributed by atoms with Gasteiger partial charge in [-0.2, -0.15) is 4.57 Å². The van der Waals surface area contributed by atoms with Crippen molar-refractivity contribution in [1.82, 2.24) is 0 Å². The number of benzene rings is 1. The maximum Gasteiger partial charge on any atom is 0.262 e. The summed E-state index contributed by atoms with van der Waals surface area (Å²) >= 11 is 1.78. The Balaban J connectivity index is 2.03. The molecule has 3 rings (SSSR count). The van der Waals surface area contributed by atoms with Crippen LogP contribution < -0.4 is 4.57 Å². The van der Waals surface area contributed by atoms with Crippen molar-refractivity contribution in [2.24, 2.45) is 7.05 Å². The smallest absolute Gasteiger partial charge is 0.262 e. The number of furan rings is 1. The van der Waals surface area contributed by atoms with Crippen LogP contribution in [-0.2, 0) is 7.05 Å². The number of thiazole rings is 1. The van der Waals surface area contributed by atoms with E-state index in [1.807, 2.05) is 18.2 Å². The summed E-state index contributed by atoms with van der Waals surface area (Å²) in [7, 11) is 2.08. The molecule has 0 fully saturated rings. The van der Waals surface area contributed by atoms with Crippen molar-refractivity contribution < 1.29 is 8.98 Å². The highest BCUT2D eigenvalue weighted by Crippen LogP contribution is 2.21. The molecular formula is C14H12NOS+. The van der Waals surface area contributed by atoms with Crippen LogP contribution in [0.15, 0.2) is 47.1 Å². The molecule has 0 N–H and O–H groups in total. The fourth-order valence-corrected chi connectivity index (χ4v) is 2.86. The quantitative estimate of drug-likeness (QED) is 0.629. The number of aromatic nitrogens is 1. The zero-order valence-corrected chi connectivity index (χ0v) is 10.3. The molecule has 3 aromatic rings. The van der Waals surface area contributed by atoms with Gasteiger partial charge in [0.1, 0.15) is 17.5 Å². The SMILES string of the molecule is C[n+]1c(/C=C/c2ccco2)sc2ccccc21. The monoisotopic (exact) mass is 242 g/mol. The fraction of sp³-hybridized carbons (Fsp3) is 0.0714. The third kappa shape index (κ3) is 1.89. The van der Waals surface area contributed by atoms with Crippen molar-refractivity contribution in [3.05, 3.63) is 53.4 Å². The van der Waals surface area contributed by atoms with Gasteiger partial charge in [-0.25, -0.2) is 0 Å². The van der Waals surface area contributed by atoms with Crippen LogP contribution in [0.2, 0.25) is 0 Å². The second-order valence-corrected chi connectivity index (χ2v) is 4.88. The molecule has 0 saturated heterocycles. The second kappa shape index (κ2) is 4.18. The lowest BCUT2D eigenvalue weighted by Gasteiger charge is -1.85. The number of nitrogens with zero attached hydrogens (tertiary/aromatic N) is 1. The predicted octanol–water partition coefficient (Wildman–Crippen LogP) is 3.49. The minimum absolute atomic E-state index is 0.877. The van der Waals surface area contributed by atoms with Crippen LogP contribution in [0, 0.1) is 0 Å². The molecule has 0 aliphatic carbocycles. The molecule has 2 aromatic heterocycles. The van der Waals surface area contributed by atoms with Crippen LogP contribution in [0.3, 0.4) is 0 Å². The summed E-state index contributed by atoms with van der Waals surface area (Å²) in [5, 5.41) is 1.21. The van der Waals surface area contributed by atoms with E-state index in [2.05, 4.69) is 42.0 Å². The summed E-state index contributed by atoms with van der Waals surface area (Å²) in [6, 6.07) is 12.3. The number of fused-ring (bicyclic) bond motifs is 1. The molecule has 17 heavy (non-hydrogen) atoms. The van der Waals surface area contributed by atoms with E-state index in [9.17, 15) is 0 Å². The molecule has 3 heteroatoms. The summed E-state index contributed by atoms with van der Waals surface area (Å²) in [4.78, 5) is 0. The first-order valence-corrected chi connectivity index (χ1v) is 6.25. The van der Waals surface area contributed by atoms with E-state index >= 15 is 0 Å². The van der Waals surface area contributed by atoms with E-state index in [-0.39, 0.29) is 0 Å². The zero-order valence-electron chi connectivity index (χ0n) is 9.46. The van der Waals surface area contributed by atoms with Gasteiger partial charge >= 0.3 is 0 Å². The van der Waals surface area contributed by atoms with Gasteiger partial charge in [0.2, 0.25) is 5.52 Å². The van der Waals surface area contributed by atoms with Crippen LogP contribution in [0.1, 0.15) is 10.8 Å². The molecule has 0 amide bonds. The van der Waals surface area contributed by atoms with E-state index in [0.717, 1.165) is 5.76 Å². The molecule has 0 aliphatic rings. The molecule has 0 unspecified atom stereocenters. The normalized spacial score (nSPS) is 11.6. The van der Waals surface area contributed by atoms with Gasteiger partial charge in [0.15, 0.2) is 0 Å². The summed E-state index contributed by atoms with van der Waals surface area (Å²) in [5.41, 5.74) is 1.26. The summed E-state index contributed by atoms with van der Waals surface area (Å²) < 4.78 is 8.77. The van der Waals surface area contributed by atoms with Crippen LogP contribution in [0.4, 0.5) is 0 Å². The van der Waals surface area contributed by atoms with E-state index < -0.39 is 0 Å². The van der Waals surface area contributed by atoms with Crippen molar-refractivity contribution in [3.8, 4) is 0 Å². The van der Waals surface area contributed by atoms with Crippen LogP contribution in [-0.4, -0.2) is 0 Å². The molecule has 1 aromatic carbocycles. The Morgan fingerprint density at radius 3 is 2.76 bits per heavy atom. The Labute approximate surface area is 103 Å². The van der Waals surface area contributed by atoms with Crippen molar-refractivity contribution >= 4 is 33.7 Å². The van der Waals surface area contributed by atoms with Gasteiger partial charge in [-0.3, -0.25) is 0 Å². The Bertz CT molecular complexity index is 665. The lowest BCUT2D eigenvalue weighted by atomic mass is 10.3. The molecule has 2 nitrogen and oxygen atoms in total. The first-order chi connectivity index (χ1) is 8.34. The highest BCUT2D eigenvalue weighted by atomic mass is 32.1. The Kier molecular flexibility index (Phi) is 2.53. The van der Waals surface area contributed by atoms with Gasteiger partial charge in [0.25, 0.3) is 5.01 Å². The summed E-state index contributed by atoms with van der Waals surface area (Å²) in [6.07, 6.45) is 5.76. The molecule has 0 bridgehead atoms. The summed E-state index contributed by atoms with van der Waals surface area (Å²) in [6.45, 7) is 0. The number of hydrogen-bond acceptors (Lipinski definition) is 2. The highest BCUT2D eigenvalue weighted by molar-refractivity contribution is 7.18. The van der Waals surface area contributed by atoms with Gasteiger partial charge in [-0.1, -0.05) is 23.5 Å². The topological polar surface area (TPSA) is 17.0 Å². The van der Waals surface area contributed by atoms with Gasteiger partial charge < -0.3 is 4.42 Å². The molecule has 2 heterocycles. The number of para-hydroxylation sites is 1. The summed E-state index contributed by atoms with van der Waals surface area (Å²) in [5.74, 6) is 0.877. The van der Waals surface area contributed by atoms with Crippen LogP contribution >= 0.6 is 11.3 Å². The second-order valence-electron chi connectivity index (χ2n) is 3.82. The maximum atomic E-state index is 5.28. The van der Waals surface area contributed by atoms with Crippen LogP contribution in [0.5, 0.6) is 0 Å². The standard InChI is InChI=1S/C14H12NOS/c1-15-12-6-2-3-7-13(12)17-14(15)9-8-11-5-4-10-16-11/h2-10H,1H3/q+1/b9-8+.